The quantitative estimate of drug-likeness (QED) is 0.118. The molecule has 0 aliphatic heterocycles. The Kier molecular flexibility index (Phi) is 20.2. The second-order valence-electron chi connectivity index (χ2n) is 8.83. The third kappa shape index (κ3) is 21.4. The van der Waals surface area contributed by atoms with E-state index >= 15 is 0 Å². The summed E-state index contributed by atoms with van der Waals surface area (Å²) in [5.41, 5.74) is 0. The molecule has 0 aromatic rings. The molecule has 0 aromatic heterocycles. The van der Waals surface area contributed by atoms with Crippen molar-refractivity contribution in [2.24, 2.45) is 5.92 Å². The number of hydrogen-bond acceptors (Lipinski definition) is 3. The zero-order valence-corrected chi connectivity index (χ0v) is 19.2. The number of esters is 2. The predicted octanol–water partition coefficient (Wildman–Crippen LogP) is 8.14. The van der Waals surface area contributed by atoms with E-state index in [9.17, 15) is 9.59 Å². The van der Waals surface area contributed by atoms with Crippen LogP contribution in [0.25, 0.3) is 0 Å². The molecule has 0 heterocycles. The normalized spacial score (nSPS) is 11.1. The monoisotopic (exact) mass is 396 g/mol. The second kappa shape index (κ2) is 20.9. The van der Waals surface area contributed by atoms with Crippen molar-refractivity contribution in [2.45, 2.75) is 143 Å². The number of ether oxygens (including phenoxy) is 1. The van der Waals surface area contributed by atoms with Gasteiger partial charge in [-0.05, 0) is 18.8 Å². The molecule has 0 bridgehead atoms. The van der Waals surface area contributed by atoms with Gasteiger partial charge in [-0.3, -0.25) is 9.59 Å². The van der Waals surface area contributed by atoms with Crippen molar-refractivity contribution in [1.82, 2.24) is 0 Å². The molecular formula is C25H48O3. The third-order valence-electron chi connectivity index (χ3n) is 5.37. The lowest BCUT2D eigenvalue weighted by Crippen LogP contribution is -2.11. The van der Waals surface area contributed by atoms with Crippen LogP contribution in [0.1, 0.15) is 143 Å². The third-order valence-corrected chi connectivity index (χ3v) is 5.37. The van der Waals surface area contributed by atoms with Crippen LogP contribution in [0.4, 0.5) is 0 Å². The second-order valence-corrected chi connectivity index (χ2v) is 8.83. The van der Waals surface area contributed by atoms with Gasteiger partial charge in [-0.15, -0.1) is 0 Å². The Morgan fingerprint density at radius 2 is 0.929 bits per heavy atom. The van der Waals surface area contributed by atoms with Gasteiger partial charge in [-0.2, -0.15) is 0 Å². The maximum Gasteiger partial charge on any atom is 0.313 e. The fourth-order valence-electron chi connectivity index (χ4n) is 3.51. The van der Waals surface area contributed by atoms with Gasteiger partial charge in [0.1, 0.15) is 0 Å². The molecule has 0 unspecified atom stereocenters. The highest BCUT2D eigenvalue weighted by Gasteiger charge is 2.09. The average Bonchev–Trinajstić information content (AvgIpc) is 2.65. The van der Waals surface area contributed by atoms with E-state index in [-0.39, 0.29) is 11.9 Å². The highest BCUT2D eigenvalue weighted by molar-refractivity contribution is 5.85. The first-order chi connectivity index (χ1) is 13.6. The fourth-order valence-corrected chi connectivity index (χ4v) is 3.51. The number of hydrogen-bond donors (Lipinski definition) is 0. The van der Waals surface area contributed by atoms with Crippen molar-refractivity contribution in [3.8, 4) is 0 Å². The van der Waals surface area contributed by atoms with Crippen LogP contribution in [0, 0.1) is 5.92 Å². The van der Waals surface area contributed by atoms with E-state index in [1.807, 2.05) is 0 Å². The molecule has 3 nitrogen and oxygen atoms in total. The van der Waals surface area contributed by atoms with Crippen molar-refractivity contribution in [3.63, 3.8) is 0 Å². The summed E-state index contributed by atoms with van der Waals surface area (Å²) < 4.78 is 4.91. The molecule has 28 heavy (non-hydrogen) atoms. The van der Waals surface area contributed by atoms with Gasteiger partial charge in [0.05, 0.1) is 0 Å². The van der Waals surface area contributed by atoms with Crippen molar-refractivity contribution in [3.05, 3.63) is 0 Å². The van der Waals surface area contributed by atoms with Crippen LogP contribution in [-0.2, 0) is 14.3 Å². The minimum atomic E-state index is -0.343. The van der Waals surface area contributed by atoms with Crippen molar-refractivity contribution >= 4 is 11.9 Å². The van der Waals surface area contributed by atoms with Crippen molar-refractivity contribution in [1.29, 1.82) is 0 Å². The van der Waals surface area contributed by atoms with Gasteiger partial charge in [-0.1, -0.05) is 117 Å². The zero-order valence-electron chi connectivity index (χ0n) is 19.2. The Bertz CT molecular complexity index is 363. The van der Waals surface area contributed by atoms with Gasteiger partial charge in [0.2, 0.25) is 0 Å². The highest BCUT2D eigenvalue weighted by Crippen LogP contribution is 2.13. The van der Waals surface area contributed by atoms with E-state index in [0.29, 0.717) is 18.8 Å². The smallest absolute Gasteiger partial charge is 0.313 e. The minimum absolute atomic E-state index is 0.338. The van der Waals surface area contributed by atoms with Gasteiger partial charge >= 0.3 is 11.9 Å². The lowest BCUT2D eigenvalue weighted by Gasteiger charge is -2.05. The molecule has 0 radical (unpaired) electrons. The fraction of sp³-hybridized carbons (Fsp3) is 0.920. The molecule has 3 heteroatoms. The zero-order chi connectivity index (χ0) is 20.9. The van der Waals surface area contributed by atoms with Crippen LogP contribution < -0.4 is 0 Å². The van der Waals surface area contributed by atoms with Gasteiger partial charge in [0.15, 0.2) is 0 Å². The largest absolute Gasteiger partial charge is 0.393 e. The maximum atomic E-state index is 11.7. The molecule has 0 spiro atoms. The highest BCUT2D eigenvalue weighted by atomic mass is 16.6. The van der Waals surface area contributed by atoms with E-state index in [1.165, 1.54) is 77.0 Å². The van der Waals surface area contributed by atoms with E-state index in [4.69, 9.17) is 4.74 Å². The first-order valence-electron chi connectivity index (χ1n) is 12.3. The summed E-state index contributed by atoms with van der Waals surface area (Å²) >= 11 is 0. The van der Waals surface area contributed by atoms with Crippen LogP contribution in [-0.4, -0.2) is 11.9 Å². The predicted molar refractivity (Wildman–Crippen MR) is 119 cm³/mol. The number of carbonyl (C=O) groups excluding carboxylic acids is 2. The van der Waals surface area contributed by atoms with E-state index in [0.717, 1.165) is 32.1 Å². The van der Waals surface area contributed by atoms with Crippen molar-refractivity contribution < 1.29 is 14.3 Å². The standard InChI is InChI=1S/C25H48O3/c1-4-5-6-7-8-9-10-11-12-13-14-15-18-21-24(26)28-25(27)22-19-16-17-20-23(2)3/h23H,4-22H2,1-3H3. The molecule has 0 amide bonds. The summed E-state index contributed by atoms with van der Waals surface area (Å²) in [5.74, 6) is 0.0355. The summed E-state index contributed by atoms with van der Waals surface area (Å²) in [6.07, 6.45) is 21.7. The summed E-state index contributed by atoms with van der Waals surface area (Å²) in [4.78, 5) is 23.3. The summed E-state index contributed by atoms with van der Waals surface area (Å²) in [7, 11) is 0. The van der Waals surface area contributed by atoms with Crippen LogP contribution in [0.3, 0.4) is 0 Å². The van der Waals surface area contributed by atoms with Crippen LogP contribution >= 0.6 is 0 Å². The lowest BCUT2D eigenvalue weighted by atomic mass is 10.0. The summed E-state index contributed by atoms with van der Waals surface area (Å²) in [6.45, 7) is 6.69. The van der Waals surface area contributed by atoms with Crippen LogP contribution in [0.5, 0.6) is 0 Å². The van der Waals surface area contributed by atoms with E-state index < -0.39 is 0 Å². The first kappa shape index (κ1) is 27.1. The molecule has 0 rings (SSSR count). The summed E-state index contributed by atoms with van der Waals surface area (Å²) in [5, 5.41) is 0. The Labute approximate surface area is 175 Å². The van der Waals surface area contributed by atoms with Crippen LogP contribution in [0.15, 0.2) is 0 Å². The molecule has 0 aromatic carbocycles. The SMILES string of the molecule is CCCCCCCCCCCCCCCC(=O)OC(=O)CCCCCC(C)C. The van der Waals surface area contributed by atoms with Crippen LogP contribution in [0.2, 0.25) is 0 Å². The average molecular weight is 397 g/mol. The van der Waals surface area contributed by atoms with Crippen molar-refractivity contribution in [2.75, 3.05) is 0 Å². The molecular weight excluding hydrogens is 348 g/mol. The lowest BCUT2D eigenvalue weighted by molar-refractivity contribution is -0.159. The molecule has 0 aliphatic carbocycles. The van der Waals surface area contributed by atoms with Gasteiger partial charge < -0.3 is 4.74 Å². The number of rotatable bonds is 20. The number of unbranched alkanes of at least 4 members (excludes halogenated alkanes) is 14. The van der Waals surface area contributed by atoms with E-state index in [1.54, 1.807) is 0 Å². The Balaban J connectivity index is 3.31. The minimum Gasteiger partial charge on any atom is -0.393 e. The maximum absolute atomic E-state index is 11.7. The van der Waals surface area contributed by atoms with Gasteiger partial charge in [-0.25, -0.2) is 0 Å². The Morgan fingerprint density at radius 3 is 1.32 bits per heavy atom. The molecule has 166 valence electrons. The van der Waals surface area contributed by atoms with E-state index in [2.05, 4.69) is 20.8 Å². The Hall–Kier alpha value is -0.860. The molecule has 0 fully saturated rings. The molecule has 0 aliphatic rings. The molecule has 0 saturated heterocycles. The topological polar surface area (TPSA) is 43.4 Å². The molecule has 0 atom stereocenters. The molecule has 0 N–H and O–H groups in total. The number of carbonyl (C=O) groups is 2. The van der Waals surface area contributed by atoms with Gasteiger partial charge in [0, 0.05) is 12.8 Å². The summed E-state index contributed by atoms with van der Waals surface area (Å²) in [6, 6.07) is 0. The first-order valence-corrected chi connectivity index (χ1v) is 12.3. The van der Waals surface area contributed by atoms with Gasteiger partial charge in [0.25, 0.3) is 0 Å². The Morgan fingerprint density at radius 1 is 0.571 bits per heavy atom. The molecule has 0 saturated carbocycles.